The van der Waals surface area contributed by atoms with Gasteiger partial charge in [-0.25, -0.2) is 13.1 Å². The third kappa shape index (κ3) is 4.68. The van der Waals surface area contributed by atoms with E-state index in [2.05, 4.69) is 34.1 Å². The number of rotatable bonds is 6. The topological polar surface area (TPSA) is 86.1 Å². The van der Waals surface area contributed by atoms with E-state index >= 15 is 0 Å². The van der Waals surface area contributed by atoms with Crippen LogP contribution in [0.25, 0.3) is 16.9 Å². The largest absolute Gasteiger partial charge is 0.496 e. The lowest BCUT2D eigenvalue weighted by Gasteiger charge is -2.33. The SMILES string of the molecule is COc1cccc2c1-c1c(c(CN3CCOC4(CC4)C3)nn1-c1ccc(CN3CCOCC3)cc1)CS2(=O)=O. The molecule has 39 heavy (non-hydrogen) atoms. The predicted molar refractivity (Wildman–Crippen MR) is 146 cm³/mol. The molecule has 3 fully saturated rings. The van der Waals surface area contributed by atoms with Crippen molar-refractivity contribution >= 4 is 9.84 Å². The quantitative estimate of drug-likeness (QED) is 0.463. The monoisotopic (exact) mass is 550 g/mol. The van der Waals surface area contributed by atoms with Crippen LogP contribution in [-0.2, 0) is 38.2 Å². The van der Waals surface area contributed by atoms with Crippen molar-refractivity contribution in [2.24, 2.45) is 0 Å². The fourth-order valence-corrected chi connectivity index (χ4v) is 7.76. The molecule has 0 unspecified atom stereocenters. The number of hydrogen-bond donors (Lipinski definition) is 0. The lowest BCUT2D eigenvalue weighted by molar-refractivity contribution is -0.0490. The minimum atomic E-state index is -3.55. The standard InChI is InChI=1S/C29H34N4O5S/c1-36-25-3-2-4-26-27(25)28-23(19-39(26,34)35)24(18-32-13-16-38-29(20-32)9-10-29)30-33(28)22-7-5-21(6-8-22)17-31-11-14-37-15-12-31/h2-8H,9-20H2,1H3. The van der Waals surface area contributed by atoms with Crippen LogP contribution in [0.5, 0.6) is 5.75 Å². The average Bonchev–Trinajstić information content (AvgIpc) is 3.60. The molecular weight excluding hydrogens is 516 g/mol. The number of benzene rings is 2. The fraction of sp³-hybridized carbons (Fsp3) is 0.483. The Hall–Kier alpha value is -2.76. The maximum absolute atomic E-state index is 13.5. The minimum Gasteiger partial charge on any atom is -0.496 e. The predicted octanol–water partition coefficient (Wildman–Crippen LogP) is 3.03. The molecule has 2 saturated heterocycles. The maximum Gasteiger partial charge on any atom is 0.183 e. The molecule has 9 nitrogen and oxygen atoms in total. The molecule has 206 valence electrons. The zero-order chi connectivity index (χ0) is 26.6. The second-order valence-corrected chi connectivity index (χ2v) is 13.0. The molecule has 0 N–H and O–H groups in total. The van der Waals surface area contributed by atoms with Crippen molar-refractivity contribution in [1.82, 2.24) is 19.6 Å². The van der Waals surface area contributed by atoms with Crippen LogP contribution >= 0.6 is 0 Å². The van der Waals surface area contributed by atoms with Gasteiger partial charge in [0.1, 0.15) is 5.75 Å². The molecule has 0 amide bonds. The van der Waals surface area contributed by atoms with Crippen LogP contribution in [0.15, 0.2) is 47.4 Å². The molecule has 0 radical (unpaired) electrons. The summed E-state index contributed by atoms with van der Waals surface area (Å²) in [6.45, 7) is 7.25. The van der Waals surface area contributed by atoms with Gasteiger partial charge in [0.05, 0.1) is 65.8 Å². The highest BCUT2D eigenvalue weighted by Crippen LogP contribution is 2.46. The Morgan fingerprint density at radius 2 is 1.74 bits per heavy atom. The van der Waals surface area contributed by atoms with E-state index in [1.165, 1.54) is 5.56 Å². The summed E-state index contributed by atoms with van der Waals surface area (Å²) in [4.78, 5) is 5.06. The van der Waals surface area contributed by atoms with Gasteiger partial charge in [-0.1, -0.05) is 18.2 Å². The van der Waals surface area contributed by atoms with Gasteiger partial charge in [-0.15, -0.1) is 0 Å². The molecule has 1 aliphatic carbocycles. The van der Waals surface area contributed by atoms with Gasteiger partial charge < -0.3 is 14.2 Å². The number of aromatic nitrogens is 2. The first-order valence-electron chi connectivity index (χ1n) is 13.7. The van der Waals surface area contributed by atoms with Crippen molar-refractivity contribution in [3.63, 3.8) is 0 Å². The van der Waals surface area contributed by atoms with Crippen molar-refractivity contribution in [2.75, 3.05) is 53.1 Å². The van der Waals surface area contributed by atoms with Crippen molar-refractivity contribution < 1.29 is 22.6 Å². The van der Waals surface area contributed by atoms with Gasteiger partial charge in [0.2, 0.25) is 0 Å². The summed E-state index contributed by atoms with van der Waals surface area (Å²) >= 11 is 0. The van der Waals surface area contributed by atoms with Gasteiger partial charge in [-0.2, -0.15) is 5.10 Å². The van der Waals surface area contributed by atoms with Gasteiger partial charge in [0, 0.05) is 44.8 Å². The van der Waals surface area contributed by atoms with E-state index in [1.54, 1.807) is 19.2 Å². The normalized spacial score (nSPS) is 21.9. The van der Waals surface area contributed by atoms with Crippen molar-refractivity contribution in [3.8, 4) is 22.7 Å². The van der Waals surface area contributed by atoms with Gasteiger partial charge in [0.25, 0.3) is 0 Å². The number of hydrogen-bond acceptors (Lipinski definition) is 8. The second-order valence-electron chi connectivity index (χ2n) is 11.1. The maximum atomic E-state index is 13.5. The number of morpholine rings is 2. The minimum absolute atomic E-state index is 0.0148. The van der Waals surface area contributed by atoms with E-state index in [4.69, 9.17) is 19.3 Å². The van der Waals surface area contributed by atoms with Crippen molar-refractivity contribution in [1.29, 1.82) is 0 Å². The van der Waals surface area contributed by atoms with Crippen molar-refractivity contribution in [2.45, 2.75) is 42.2 Å². The Morgan fingerprint density at radius 3 is 2.49 bits per heavy atom. The van der Waals surface area contributed by atoms with Crippen LogP contribution in [0.2, 0.25) is 0 Å². The van der Waals surface area contributed by atoms with Crippen molar-refractivity contribution in [3.05, 3.63) is 59.3 Å². The Kier molecular flexibility index (Phi) is 6.28. The zero-order valence-corrected chi connectivity index (χ0v) is 23.1. The summed E-state index contributed by atoms with van der Waals surface area (Å²) in [5.41, 5.74) is 5.09. The second kappa shape index (κ2) is 9.71. The molecule has 3 aromatic rings. The summed E-state index contributed by atoms with van der Waals surface area (Å²) in [5, 5.41) is 5.10. The van der Waals surface area contributed by atoms with Crippen LogP contribution in [0.3, 0.4) is 0 Å². The number of nitrogens with zero attached hydrogens (tertiary/aromatic N) is 4. The zero-order valence-electron chi connectivity index (χ0n) is 22.3. The molecule has 10 heteroatoms. The average molecular weight is 551 g/mol. The fourth-order valence-electron chi connectivity index (χ4n) is 6.13. The third-order valence-electron chi connectivity index (χ3n) is 8.38. The summed E-state index contributed by atoms with van der Waals surface area (Å²) in [6, 6.07) is 13.7. The van der Waals surface area contributed by atoms with E-state index in [1.807, 2.05) is 10.7 Å². The summed E-state index contributed by atoms with van der Waals surface area (Å²) in [5.74, 6) is 0.472. The first-order chi connectivity index (χ1) is 18.9. The summed E-state index contributed by atoms with van der Waals surface area (Å²) in [7, 11) is -1.96. The molecular formula is C29H34N4O5S. The molecule has 1 aromatic heterocycles. The van der Waals surface area contributed by atoms with Crippen LogP contribution in [0.1, 0.15) is 29.7 Å². The van der Waals surface area contributed by atoms with E-state index in [0.717, 1.165) is 81.4 Å². The molecule has 4 heterocycles. The van der Waals surface area contributed by atoms with E-state index in [0.29, 0.717) is 29.4 Å². The van der Waals surface area contributed by atoms with E-state index in [-0.39, 0.29) is 11.4 Å². The van der Waals surface area contributed by atoms with Gasteiger partial charge in [-0.05, 0) is 42.7 Å². The molecule has 1 saturated carbocycles. The number of methoxy groups -OCH3 is 1. The summed E-state index contributed by atoms with van der Waals surface area (Å²) < 4.78 is 46.1. The Balaban J connectivity index is 1.30. The van der Waals surface area contributed by atoms with Crippen LogP contribution in [0, 0.1) is 0 Å². The molecule has 2 aromatic carbocycles. The van der Waals surface area contributed by atoms with Gasteiger partial charge in [0.15, 0.2) is 9.84 Å². The lowest BCUT2D eigenvalue weighted by Crippen LogP contribution is -2.43. The van der Waals surface area contributed by atoms with E-state index in [9.17, 15) is 8.42 Å². The van der Waals surface area contributed by atoms with Gasteiger partial charge in [-0.3, -0.25) is 9.80 Å². The molecule has 4 aliphatic rings. The summed E-state index contributed by atoms with van der Waals surface area (Å²) in [6.07, 6.45) is 2.18. The first-order valence-corrected chi connectivity index (χ1v) is 15.4. The smallest absolute Gasteiger partial charge is 0.183 e. The number of fused-ring (bicyclic) bond motifs is 3. The Bertz CT molecular complexity index is 1490. The van der Waals surface area contributed by atoms with Crippen LogP contribution in [0.4, 0.5) is 0 Å². The third-order valence-corrected chi connectivity index (χ3v) is 10.1. The Morgan fingerprint density at radius 1 is 0.974 bits per heavy atom. The molecule has 0 bridgehead atoms. The highest BCUT2D eigenvalue weighted by atomic mass is 32.2. The lowest BCUT2D eigenvalue weighted by atomic mass is 10.0. The highest BCUT2D eigenvalue weighted by Gasteiger charge is 2.47. The molecule has 1 spiro atoms. The molecule has 7 rings (SSSR count). The number of ether oxygens (including phenoxy) is 3. The van der Waals surface area contributed by atoms with Crippen LogP contribution in [-0.4, -0.2) is 86.7 Å². The van der Waals surface area contributed by atoms with Crippen LogP contribution < -0.4 is 4.74 Å². The van der Waals surface area contributed by atoms with Gasteiger partial charge >= 0.3 is 0 Å². The molecule has 3 aliphatic heterocycles. The molecule has 0 atom stereocenters. The Labute approximate surface area is 229 Å². The van der Waals surface area contributed by atoms with E-state index < -0.39 is 9.84 Å². The number of sulfone groups is 1. The first kappa shape index (κ1) is 25.2. The highest BCUT2D eigenvalue weighted by molar-refractivity contribution is 7.90.